The van der Waals surface area contributed by atoms with E-state index in [9.17, 15) is 22.8 Å². The summed E-state index contributed by atoms with van der Waals surface area (Å²) in [5, 5.41) is 14.1. The van der Waals surface area contributed by atoms with Crippen LogP contribution in [0.25, 0.3) is 5.52 Å². The van der Waals surface area contributed by atoms with Gasteiger partial charge in [0.2, 0.25) is 0 Å². The summed E-state index contributed by atoms with van der Waals surface area (Å²) in [5.41, 5.74) is 0.528. The molecule has 0 atom stereocenters. The van der Waals surface area contributed by atoms with Crippen LogP contribution in [-0.2, 0) is 11.3 Å². The second-order valence-electron chi connectivity index (χ2n) is 6.29. The molecule has 1 amide bonds. The van der Waals surface area contributed by atoms with Crippen LogP contribution in [-0.4, -0.2) is 67.9 Å². The summed E-state index contributed by atoms with van der Waals surface area (Å²) in [6.45, 7) is 1.46. The molecule has 0 aliphatic heterocycles. The van der Waals surface area contributed by atoms with Gasteiger partial charge in [-0.15, -0.1) is 0 Å². The first kappa shape index (κ1) is 22.7. The molecule has 0 aliphatic carbocycles. The normalized spacial score (nSPS) is 11.3. The highest BCUT2D eigenvalue weighted by Crippen LogP contribution is 2.13. The third-order valence-corrected chi connectivity index (χ3v) is 3.74. The van der Waals surface area contributed by atoms with Crippen LogP contribution in [0.4, 0.5) is 19.0 Å². The van der Waals surface area contributed by atoms with E-state index in [0.717, 1.165) is 6.54 Å². The van der Waals surface area contributed by atoms with Crippen molar-refractivity contribution in [2.24, 2.45) is 0 Å². The predicted molar refractivity (Wildman–Crippen MR) is 100 cm³/mol. The lowest BCUT2D eigenvalue weighted by molar-refractivity contribution is -0.192. The summed E-state index contributed by atoms with van der Waals surface area (Å²) in [4.78, 5) is 37.8. The number of aromatic nitrogens is 4. The second kappa shape index (κ2) is 9.26. The van der Waals surface area contributed by atoms with Crippen LogP contribution < -0.4 is 11.0 Å². The largest absolute Gasteiger partial charge is 0.490 e. The summed E-state index contributed by atoms with van der Waals surface area (Å²) < 4.78 is 34.9. The van der Waals surface area contributed by atoms with Crippen molar-refractivity contribution in [3.63, 3.8) is 0 Å². The van der Waals surface area contributed by atoms with Gasteiger partial charge in [0, 0.05) is 18.8 Å². The Hall–Kier alpha value is -3.61. The van der Waals surface area contributed by atoms with Gasteiger partial charge in [0.1, 0.15) is 11.5 Å². The van der Waals surface area contributed by atoms with Gasteiger partial charge in [-0.1, -0.05) is 0 Å². The number of carbonyl (C=O) groups is 2. The molecule has 3 aromatic heterocycles. The number of aromatic amines is 1. The molecule has 0 saturated carbocycles. The van der Waals surface area contributed by atoms with E-state index in [4.69, 9.17) is 9.90 Å². The standard InChI is InChI=1S/C15H18N6O2.C2HF3O2/c1-19(2)8-9-21-13(5-6-16-21)18-14(22)12-10-11-4-3-7-20(11)15(23)17-12;3-2(4,5)1(6)7/h3-7,10H,8-9H2,1-2H3,(H,17,23)(H,18,22);(H,6,7). The van der Waals surface area contributed by atoms with E-state index in [2.05, 4.69) is 15.4 Å². The van der Waals surface area contributed by atoms with Crippen molar-refractivity contribution in [1.29, 1.82) is 0 Å². The number of aliphatic carboxylic acids is 1. The lowest BCUT2D eigenvalue weighted by atomic mass is 10.3. The molecule has 0 spiro atoms. The number of rotatable bonds is 5. The van der Waals surface area contributed by atoms with Gasteiger partial charge in [0.05, 0.1) is 18.3 Å². The Kier molecular flexibility index (Phi) is 7.00. The summed E-state index contributed by atoms with van der Waals surface area (Å²) in [7, 11) is 3.94. The Bertz CT molecular complexity index is 1080. The minimum Gasteiger partial charge on any atom is -0.475 e. The molecule has 30 heavy (non-hydrogen) atoms. The number of H-pyrrole nitrogens is 1. The summed E-state index contributed by atoms with van der Waals surface area (Å²) >= 11 is 0. The van der Waals surface area contributed by atoms with Crippen molar-refractivity contribution in [2.75, 3.05) is 26.0 Å². The Morgan fingerprint density at radius 2 is 1.97 bits per heavy atom. The summed E-state index contributed by atoms with van der Waals surface area (Å²) in [6.07, 6.45) is -1.81. The number of hydrogen-bond donors (Lipinski definition) is 3. The van der Waals surface area contributed by atoms with Gasteiger partial charge in [-0.2, -0.15) is 18.3 Å². The van der Waals surface area contributed by atoms with Crippen LogP contribution in [0.2, 0.25) is 0 Å². The number of alkyl halides is 3. The lowest BCUT2D eigenvalue weighted by Crippen LogP contribution is -2.24. The molecule has 0 aromatic carbocycles. The molecule has 0 fully saturated rings. The van der Waals surface area contributed by atoms with Gasteiger partial charge in [-0.05, 0) is 32.3 Å². The van der Waals surface area contributed by atoms with Gasteiger partial charge in [0.25, 0.3) is 5.91 Å². The average molecular weight is 428 g/mol. The number of carboxylic acids is 1. The number of likely N-dealkylation sites (N-methyl/N-ethyl adjacent to an activating group) is 1. The number of carboxylic acid groups (broad SMARTS) is 1. The van der Waals surface area contributed by atoms with Gasteiger partial charge in [-0.3, -0.25) is 9.20 Å². The first-order valence-corrected chi connectivity index (χ1v) is 8.47. The van der Waals surface area contributed by atoms with Crippen molar-refractivity contribution < 1.29 is 27.9 Å². The molecule has 10 nitrogen and oxygen atoms in total. The Morgan fingerprint density at radius 3 is 2.57 bits per heavy atom. The van der Waals surface area contributed by atoms with Crippen LogP contribution in [0.5, 0.6) is 0 Å². The molecule has 3 heterocycles. The highest BCUT2D eigenvalue weighted by molar-refractivity contribution is 6.02. The fourth-order valence-corrected chi connectivity index (χ4v) is 2.27. The number of carbonyl (C=O) groups excluding carboxylic acids is 1. The highest BCUT2D eigenvalue weighted by atomic mass is 19.4. The van der Waals surface area contributed by atoms with E-state index in [1.54, 1.807) is 41.3 Å². The first-order valence-electron chi connectivity index (χ1n) is 8.47. The highest BCUT2D eigenvalue weighted by Gasteiger charge is 2.38. The lowest BCUT2D eigenvalue weighted by Gasteiger charge is -2.12. The van der Waals surface area contributed by atoms with E-state index in [1.807, 2.05) is 19.0 Å². The van der Waals surface area contributed by atoms with Crippen LogP contribution in [0.3, 0.4) is 0 Å². The maximum Gasteiger partial charge on any atom is 0.490 e. The molecule has 0 aliphatic rings. The number of amides is 1. The molecule has 3 aromatic rings. The molecule has 162 valence electrons. The number of fused-ring (bicyclic) bond motifs is 1. The van der Waals surface area contributed by atoms with E-state index in [1.165, 1.54) is 4.40 Å². The van der Waals surface area contributed by atoms with Crippen LogP contribution >= 0.6 is 0 Å². The van der Waals surface area contributed by atoms with Gasteiger partial charge in [-0.25, -0.2) is 14.3 Å². The molecule has 3 N–H and O–H groups in total. The minimum absolute atomic E-state index is 0.210. The van der Waals surface area contributed by atoms with Gasteiger partial charge < -0.3 is 20.3 Å². The zero-order chi connectivity index (χ0) is 22.5. The third-order valence-electron chi connectivity index (χ3n) is 3.74. The fourth-order valence-electron chi connectivity index (χ4n) is 2.27. The smallest absolute Gasteiger partial charge is 0.475 e. The Morgan fingerprint density at radius 1 is 1.30 bits per heavy atom. The molecular weight excluding hydrogens is 409 g/mol. The summed E-state index contributed by atoms with van der Waals surface area (Å²) in [6, 6.07) is 6.88. The van der Waals surface area contributed by atoms with Crippen LogP contribution in [0, 0.1) is 0 Å². The molecular formula is C17H19F3N6O4. The quantitative estimate of drug-likeness (QED) is 0.562. The zero-order valence-electron chi connectivity index (χ0n) is 16.0. The Balaban J connectivity index is 0.000000396. The first-order chi connectivity index (χ1) is 14.0. The number of halogens is 3. The third kappa shape index (κ3) is 5.94. The van der Waals surface area contributed by atoms with E-state index >= 15 is 0 Å². The van der Waals surface area contributed by atoms with Crippen LogP contribution in [0.15, 0.2) is 41.5 Å². The maximum atomic E-state index is 12.4. The van der Waals surface area contributed by atoms with Gasteiger partial charge in [0.15, 0.2) is 0 Å². The molecule has 0 radical (unpaired) electrons. The van der Waals surface area contributed by atoms with Crippen molar-refractivity contribution in [3.8, 4) is 0 Å². The van der Waals surface area contributed by atoms with E-state index in [-0.39, 0.29) is 17.3 Å². The topological polar surface area (TPSA) is 125 Å². The van der Waals surface area contributed by atoms with E-state index < -0.39 is 12.1 Å². The van der Waals surface area contributed by atoms with Crippen molar-refractivity contribution in [1.82, 2.24) is 24.1 Å². The SMILES string of the molecule is CN(C)CCn1nccc1NC(=O)c1cc2cccn2c(=O)[nH]1.O=C(O)C(F)(F)F. The predicted octanol–water partition coefficient (Wildman–Crippen LogP) is 1.27. The number of hydrogen-bond acceptors (Lipinski definition) is 5. The molecule has 3 rings (SSSR count). The average Bonchev–Trinajstić information content (AvgIpc) is 3.28. The minimum atomic E-state index is -5.08. The zero-order valence-corrected chi connectivity index (χ0v) is 16.0. The van der Waals surface area contributed by atoms with Crippen molar-refractivity contribution in [3.05, 3.63) is 52.8 Å². The fraction of sp³-hybridized carbons (Fsp3) is 0.294. The Labute approximate surface area is 167 Å². The van der Waals surface area contributed by atoms with Gasteiger partial charge >= 0.3 is 17.8 Å². The monoisotopic (exact) mass is 428 g/mol. The van der Waals surface area contributed by atoms with Crippen LogP contribution in [0.1, 0.15) is 10.5 Å². The number of nitrogens with one attached hydrogen (secondary N) is 2. The molecule has 0 unspecified atom stereocenters. The van der Waals surface area contributed by atoms with Crippen molar-refractivity contribution >= 4 is 23.2 Å². The van der Waals surface area contributed by atoms with E-state index in [0.29, 0.717) is 17.9 Å². The number of anilines is 1. The molecule has 0 bridgehead atoms. The number of nitrogens with zero attached hydrogens (tertiary/aromatic N) is 4. The molecule has 13 heteroatoms. The van der Waals surface area contributed by atoms with Crippen molar-refractivity contribution in [2.45, 2.75) is 12.7 Å². The molecule has 0 saturated heterocycles. The summed E-state index contributed by atoms with van der Waals surface area (Å²) in [5.74, 6) is -2.54. The second-order valence-corrected chi connectivity index (χ2v) is 6.29. The maximum absolute atomic E-state index is 12.4.